The molecule has 9 heteroatoms. The first kappa shape index (κ1) is 21.0. The second kappa shape index (κ2) is 8.31. The zero-order chi connectivity index (χ0) is 20.5. The summed E-state index contributed by atoms with van der Waals surface area (Å²) in [7, 11) is -2.33. The number of carbonyl (C=O) groups is 1. The van der Waals surface area contributed by atoms with Gasteiger partial charge in [0, 0.05) is 7.11 Å². The Kier molecular flexibility index (Phi) is 6.21. The van der Waals surface area contributed by atoms with Crippen molar-refractivity contribution in [2.45, 2.75) is 61.3 Å². The number of rotatable bonds is 5. The summed E-state index contributed by atoms with van der Waals surface area (Å²) < 4.78 is 31.4. The van der Waals surface area contributed by atoms with Crippen molar-refractivity contribution >= 4 is 33.2 Å². The van der Waals surface area contributed by atoms with Gasteiger partial charge in [0.25, 0.3) is 0 Å². The van der Waals surface area contributed by atoms with E-state index in [9.17, 15) is 18.3 Å². The highest BCUT2D eigenvalue weighted by atomic mass is 35.5. The van der Waals surface area contributed by atoms with Gasteiger partial charge in [-0.15, -0.1) is 0 Å². The molecule has 3 atom stereocenters. The normalized spacial score (nSPS) is 24.8. The molecule has 0 bridgehead atoms. The van der Waals surface area contributed by atoms with E-state index < -0.39 is 26.9 Å². The lowest BCUT2D eigenvalue weighted by molar-refractivity contribution is 0.109. The summed E-state index contributed by atoms with van der Waals surface area (Å²) in [6, 6.07) is 2.18. The summed E-state index contributed by atoms with van der Waals surface area (Å²) in [6.07, 6.45) is 5.05. The Balaban J connectivity index is 1.82. The standard InChI is InChI=1S/C19H25ClN2O5S/c1-11-4-3-5-15(11)21-19(24)22-16-9-8-14(20)18(17(16)23)28(25,26)13-7-6-12(10-13)27-2/h4,8-9,12-13,15,23H,3,5-7,10H2,1-2H3,(H2,21,22,24)/t12-,13-,15-/m1/s1. The number of phenols is 1. The van der Waals surface area contributed by atoms with Gasteiger partial charge in [-0.2, -0.15) is 0 Å². The van der Waals surface area contributed by atoms with E-state index in [0.717, 1.165) is 18.4 Å². The van der Waals surface area contributed by atoms with Gasteiger partial charge in [-0.25, -0.2) is 13.2 Å². The Labute approximate surface area is 170 Å². The highest BCUT2D eigenvalue weighted by Gasteiger charge is 2.38. The topological polar surface area (TPSA) is 105 Å². The van der Waals surface area contributed by atoms with Crippen LogP contribution in [0.25, 0.3) is 0 Å². The lowest BCUT2D eigenvalue weighted by Gasteiger charge is -2.18. The first-order valence-electron chi connectivity index (χ1n) is 9.26. The van der Waals surface area contributed by atoms with E-state index >= 15 is 0 Å². The van der Waals surface area contributed by atoms with Crippen LogP contribution in [0.1, 0.15) is 39.0 Å². The van der Waals surface area contributed by atoms with Crippen molar-refractivity contribution in [3.8, 4) is 5.75 Å². The van der Waals surface area contributed by atoms with Gasteiger partial charge in [0.15, 0.2) is 15.6 Å². The fourth-order valence-electron chi connectivity index (χ4n) is 3.83. The number of halogens is 1. The minimum absolute atomic E-state index is 0.00129. The molecule has 1 aromatic carbocycles. The molecule has 2 amide bonds. The van der Waals surface area contributed by atoms with Crippen molar-refractivity contribution in [1.82, 2.24) is 5.32 Å². The van der Waals surface area contributed by atoms with E-state index in [2.05, 4.69) is 16.7 Å². The monoisotopic (exact) mass is 428 g/mol. The molecule has 0 radical (unpaired) electrons. The number of sulfone groups is 1. The van der Waals surface area contributed by atoms with Crippen molar-refractivity contribution < 1.29 is 23.1 Å². The van der Waals surface area contributed by atoms with Gasteiger partial charge in [0.1, 0.15) is 4.90 Å². The molecule has 154 valence electrons. The SMILES string of the molecule is CO[C@@H]1CC[C@@H](S(=O)(=O)c2c(Cl)ccc(NC(=O)N[C@@H]3CCC=C3C)c2O)C1. The summed E-state index contributed by atoms with van der Waals surface area (Å²) in [5.74, 6) is -0.540. The summed E-state index contributed by atoms with van der Waals surface area (Å²) in [4.78, 5) is 11.9. The van der Waals surface area contributed by atoms with Crippen LogP contribution >= 0.6 is 11.6 Å². The summed E-state index contributed by atoms with van der Waals surface area (Å²) >= 11 is 6.12. The van der Waals surface area contributed by atoms with E-state index in [1.54, 1.807) is 7.11 Å². The van der Waals surface area contributed by atoms with E-state index in [0.29, 0.717) is 19.3 Å². The largest absolute Gasteiger partial charge is 0.504 e. The maximum atomic E-state index is 13.1. The summed E-state index contributed by atoms with van der Waals surface area (Å²) in [5.41, 5.74) is 1.08. The van der Waals surface area contributed by atoms with Gasteiger partial charge in [-0.1, -0.05) is 23.3 Å². The molecule has 3 N–H and O–H groups in total. The second-order valence-corrected chi connectivity index (χ2v) is 9.86. The van der Waals surface area contributed by atoms with Crippen molar-refractivity contribution in [3.63, 3.8) is 0 Å². The number of urea groups is 1. The Morgan fingerprint density at radius 3 is 2.64 bits per heavy atom. The van der Waals surface area contributed by atoms with Crippen LogP contribution in [0.5, 0.6) is 5.75 Å². The maximum Gasteiger partial charge on any atom is 0.319 e. The fraction of sp³-hybridized carbons (Fsp3) is 0.526. The van der Waals surface area contributed by atoms with Crippen LogP contribution in [-0.4, -0.2) is 44.1 Å². The van der Waals surface area contributed by atoms with Crippen LogP contribution in [0.15, 0.2) is 28.7 Å². The Hall–Kier alpha value is -1.77. The lowest BCUT2D eigenvalue weighted by Crippen LogP contribution is -2.37. The van der Waals surface area contributed by atoms with Gasteiger partial charge in [0.05, 0.1) is 28.1 Å². The third-order valence-corrected chi connectivity index (χ3v) is 8.22. The molecule has 1 saturated carbocycles. The number of hydrogen-bond donors (Lipinski definition) is 3. The van der Waals surface area contributed by atoms with E-state index in [4.69, 9.17) is 16.3 Å². The molecule has 0 saturated heterocycles. The molecule has 7 nitrogen and oxygen atoms in total. The molecule has 0 spiro atoms. The van der Waals surface area contributed by atoms with E-state index in [1.165, 1.54) is 12.1 Å². The van der Waals surface area contributed by atoms with Gasteiger partial charge in [-0.3, -0.25) is 0 Å². The Morgan fingerprint density at radius 1 is 1.29 bits per heavy atom. The molecule has 0 unspecified atom stereocenters. The Bertz CT molecular complexity index is 900. The minimum Gasteiger partial charge on any atom is -0.504 e. The van der Waals surface area contributed by atoms with Gasteiger partial charge >= 0.3 is 6.03 Å². The number of carbonyl (C=O) groups excluding carboxylic acids is 1. The number of amides is 2. The summed E-state index contributed by atoms with van der Waals surface area (Å²) in [5, 5.41) is 15.2. The van der Waals surface area contributed by atoms with Gasteiger partial charge in [-0.05, 0) is 51.2 Å². The smallest absolute Gasteiger partial charge is 0.319 e. The minimum atomic E-state index is -3.88. The summed E-state index contributed by atoms with van der Waals surface area (Å²) in [6.45, 7) is 1.94. The highest BCUT2D eigenvalue weighted by molar-refractivity contribution is 7.92. The van der Waals surface area contributed by atoms with Crippen LogP contribution in [0.2, 0.25) is 5.02 Å². The number of anilines is 1. The Morgan fingerprint density at radius 2 is 2.04 bits per heavy atom. The fourth-order valence-corrected chi connectivity index (χ4v) is 6.27. The number of nitrogens with one attached hydrogen (secondary N) is 2. The van der Waals surface area contributed by atoms with Crippen LogP contribution in [0.3, 0.4) is 0 Å². The predicted molar refractivity (Wildman–Crippen MR) is 108 cm³/mol. The number of phenolic OH excluding ortho intramolecular Hbond substituents is 1. The van der Waals surface area contributed by atoms with E-state index in [1.807, 2.05) is 6.92 Å². The average Bonchev–Trinajstić information content (AvgIpc) is 3.27. The number of benzene rings is 1. The number of hydrogen-bond acceptors (Lipinski definition) is 5. The van der Waals surface area contributed by atoms with Gasteiger partial charge < -0.3 is 20.5 Å². The molecular formula is C19H25ClN2O5S. The number of allylic oxidation sites excluding steroid dienone is 1. The molecular weight excluding hydrogens is 404 g/mol. The second-order valence-electron chi connectivity index (χ2n) is 7.29. The third kappa shape index (κ3) is 4.14. The zero-order valence-electron chi connectivity index (χ0n) is 15.9. The lowest BCUT2D eigenvalue weighted by atomic mass is 10.2. The molecule has 0 aliphatic heterocycles. The molecule has 2 aliphatic rings. The molecule has 3 rings (SSSR count). The maximum absolute atomic E-state index is 13.1. The van der Waals surface area contributed by atoms with Gasteiger partial charge in [0.2, 0.25) is 0 Å². The van der Waals surface area contributed by atoms with Crippen molar-refractivity contribution in [2.75, 3.05) is 12.4 Å². The average molecular weight is 429 g/mol. The first-order valence-corrected chi connectivity index (χ1v) is 11.2. The van der Waals surface area contributed by atoms with Crippen LogP contribution in [0, 0.1) is 0 Å². The third-order valence-electron chi connectivity index (χ3n) is 5.50. The number of aromatic hydroxyl groups is 1. The van der Waals surface area contributed by atoms with Crippen molar-refractivity contribution in [1.29, 1.82) is 0 Å². The zero-order valence-corrected chi connectivity index (χ0v) is 17.4. The first-order chi connectivity index (χ1) is 13.2. The number of ether oxygens (including phenoxy) is 1. The van der Waals surface area contributed by atoms with Crippen LogP contribution < -0.4 is 10.6 Å². The predicted octanol–water partition coefficient (Wildman–Crippen LogP) is 3.62. The molecule has 0 heterocycles. The van der Waals surface area contributed by atoms with E-state index in [-0.39, 0.29) is 27.8 Å². The quantitative estimate of drug-likeness (QED) is 0.490. The molecule has 2 aliphatic carbocycles. The number of methoxy groups -OCH3 is 1. The van der Waals surface area contributed by atoms with Crippen LogP contribution in [0.4, 0.5) is 10.5 Å². The van der Waals surface area contributed by atoms with Crippen LogP contribution in [-0.2, 0) is 14.6 Å². The molecule has 28 heavy (non-hydrogen) atoms. The van der Waals surface area contributed by atoms with Crippen molar-refractivity contribution in [2.24, 2.45) is 0 Å². The van der Waals surface area contributed by atoms with Crippen molar-refractivity contribution in [3.05, 3.63) is 28.8 Å². The molecule has 1 aromatic rings. The molecule has 0 aromatic heterocycles. The highest BCUT2D eigenvalue weighted by Crippen LogP contribution is 2.42. The molecule has 1 fully saturated rings.